The SMILES string of the molecule is CSCC[C@H](NC(=O)[C@H](C)NC(=O)[C@H](Cc1c[nH]c2ccccc12)NC(=O)[C@H](CCC(N)=O)NC(=O)[C@H](Cc1c[nH]c2ccccc12)NC(=O)[C@H](CCCNC(=N)N)NC(=O)[C@H](CC(C)C)NC(=O)[C@H](CSCNC(C)=O)NC(=O)[C@H](CCCCN)NC(=O)[C@@H](N)CCCNC(=N)N)C(=O)N[C@@H](CCCNC(=N)N)C(=O)N[C@@H](CCCCN)C(=O)N[C@H](C(=O)NCC(=O)NCC(=O)O)C(C)C. The Hall–Kier alpha value is -13.1. The van der Waals surface area contributed by atoms with Crippen LogP contribution in [-0.4, -0.2) is 281 Å². The van der Waals surface area contributed by atoms with Crippen molar-refractivity contribution in [1.82, 2.24) is 106 Å². The normalized spacial score (nSPS) is 14.0. The number of thioether (sulfide) groups is 2. The van der Waals surface area contributed by atoms with Gasteiger partial charge in [-0.3, -0.25) is 97.7 Å². The van der Waals surface area contributed by atoms with Crippen molar-refractivity contribution >= 4 is 164 Å². The number of fused-ring (bicyclic) bond motifs is 2. The van der Waals surface area contributed by atoms with Gasteiger partial charge in [0.1, 0.15) is 79.0 Å². The molecule has 50 heteroatoms. The summed E-state index contributed by atoms with van der Waals surface area (Å²) in [6.07, 6.45) is 4.86. The monoisotopic (exact) mass is 1950 g/mol. The smallest absolute Gasteiger partial charge is 0.322 e. The lowest BCUT2D eigenvalue weighted by Crippen LogP contribution is -2.61. The maximum Gasteiger partial charge on any atom is 0.322 e. The quantitative estimate of drug-likeness (QED) is 0.00849. The summed E-state index contributed by atoms with van der Waals surface area (Å²) in [6, 6.07) is -4.99. The molecule has 0 spiro atoms. The minimum Gasteiger partial charge on any atom is -0.480 e. The van der Waals surface area contributed by atoms with Crippen LogP contribution in [0.3, 0.4) is 0 Å². The molecule has 0 aliphatic heterocycles. The Balaban J connectivity index is 1.74. The van der Waals surface area contributed by atoms with Gasteiger partial charge in [0.25, 0.3) is 0 Å². The molecule has 38 N–H and O–H groups in total. The number of hydrogen-bond acceptors (Lipinski definition) is 25. The van der Waals surface area contributed by atoms with Crippen LogP contribution in [0.4, 0.5) is 0 Å². The third-order valence-corrected chi connectivity index (χ3v) is 22.9. The summed E-state index contributed by atoms with van der Waals surface area (Å²) in [4.78, 5) is 245. The molecule has 13 atom stereocenters. The lowest BCUT2D eigenvalue weighted by Gasteiger charge is -2.29. The largest absolute Gasteiger partial charge is 0.480 e. The fourth-order valence-electron chi connectivity index (χ4n) is 14.0. The summed E-state index contributed by atoms with van der Waals surface area (Å²) >= 11 is 2.34. The van der Waals surface area contributed by atoms with Gasteiger partial charge >= 0.3 is 5.97 Å². The van der Waals surface area contributed by atoms with E-state index in [9.17, 15) is 57.5 Å². The molecule has 0 unspecified atom stereocenters. The number of unbranched alkanes of at least 4 members (excludes halogenated alkanes) is 2. The molecule has 16 amide bonds. The van der Waals surface area contributed by atoms with Gasteiger partial charge in [-0.1, -0.05) is 64.1 Å². The van der Waals surface area contributed by atoms with Gasteiger partial charge in [-0.15, -0.1) is 11.8 Å². The van der Waals surface area contributed by atoms with E-state index in [0.717, 1.165) is 11.8 Å². The Bertz CT molecular complexity index is 4690. The van der Waals surface area contributed by atoms with Crippen LogP contribution in [0.15, 0.2) is 60.9 Å². The average molecular weight is 1950 g/mol. The highest BCUT2D eigenvalue weighted by Gasteiger charge is 2.39. The van der Waals surface area contributed by atoms with Gasteiger partial charge in [0, 0.05) is 85.8 Å². The summed E-state index contributed by atoms with van der Waals surface area (Å²) in [5, 5.41) is 80.4. The predicted octanol–water partition coefficient (Wildman–Crippen LogP) is -5.49. The Morgan fingerprint density at radius 2 is 0.794 bits per heavy atom. The first-order valence-corrected chi connectivity index (χ1v) is 47.6. The number of para-hydroxylation sites is 2. The highest BCUT2D eigenvalue weighted by Crippen LogP contribution is 2.23. The molecule has 2 aromatic heterocycles. The molecule has 0 radical (unpaired) electrons. The van der Waals surface area contributed by atoms with Crippen LogP contribution in [0.5, 0.6) is 0 Å². The minimum atomic E-state index is -1.76. The van der Waals surface area contributed by atoms with E-state index in [0.29, 0.717) is 65.0 Å². The summed E-state index contributed by atoms with van der Waals surface area (Å²) in [6.45, 7) is 8.64. The molecule has 0 bridgehead atoms. The van der Waals surface area contributed by atoms with Gasteiger partial charge in [0.05, 0.1) is 18.5 Å². The molecule has 48 nitrogen and oxygen atoms in total. The minimum absolute atomic E-state index is 0.0169. The molecule has 2 aromatic carbocycles. The summed E-state index contributed by atoms with van der Waals surface area (Å²) in [5.41, 5.74) is 42.3. The van der Waals surface area contributed by atoms with Crippen LogP contribution in [0.1, 0.15) is 155 Å². The number of guanidine groups is 3. The van der Waals surface area contributed by atoms with Crippen molar-refractivity contribution < 1.29 is 86.6 Å². The third-order valence-electron chi connectivity index (χ3n) is 21.3. The lowest BCUT2D eigenvalue weighted by atomic mass is 10.0. The van der Waals surface area contributed by atoms with Gasteiger partial charge in [-0.25, -0.2) is 0 Å². The number of carbonyl (C=O) groups excluding carboxylic acids is 16. The highest BCUT2D eigenvalue weighted by atomic mass is 32.2. The molecule has 754 valence electrons. The predicted molar refractivity (Wildman–Crippen MR) is 515 cm³/mol. The van der Waals surface area contributed by atoms with Crippen LogP contribution in [-0.2, 0) is 94.3 Å². The second-order valence-corrected chi connectivity index (χ2v) is 35.4. The van der Waals surface area contributed by atoms with Crippen LogP contribution < -0.4 is 136 Å². The fraction of sp³-hybridized carbons (Fsp3) is 0.581. The second-order valence-electron chi connectivity index (χ2n) is 33.4. The standard InChI is InChI=1S/C86H140N30O18S2/c1-46(2)37-63(112-82(133)66(44-136-45-104-49(6)117)115-75(126)57(24-12-14-31-87)107-72(123)54(89)21-16-33-97-84(91)92)80(131)110-60(27-18-35-99-86(95)96)74(125)114-65(39-51-41-101-56-23-11-9-20-53(51)56)81(132)111-61(28-29-67(90)118)76(127)113-64(38-50-40-100-55-22-10-8-19-52(50)55)79(130)105-48(5)71(122)106-62(30-36-135-7)77(128)109-59(26-17-34-98-85(93)94)73(124)108-58(25-13-15-32-88)78(129)116-70(47(3)4)83(134)103-42-68(119)102-43-69(120)121/h8-11,19-20,22-23,40-41,46-48,54,57-66,70,100-101H,12-18,21,24-39,42-45,87-89H2,1-7H3,(H2,90,118)(H,102,119)(H,103,134)(H,104,117)(H,105,130)(H,106,122)(H,107,123)(H,108,124)(H,109,128)(H,110,131)(H,111,132)(H,112,133)(H,113,127)(H,114,125)(H,115,126)(H,116,129)(H,120,121)(H4,91,92,97)(H4,93,94,98)(H4,95,96,99)/t48-,54-,57-,58-,59-,60-,61-,62-,63-,64-,65-,66-,70-/m0/s1. The number of aromatic nitrogens is 2. The Morgan fingerprint density at radius 3 is 1.23 bits per heavy atom. The number of aliphatic carboxylic acids is 1. The molecule has 0 aliphatic carbocycles. The van der Waals surface area contributed by atoms with Gasteiger partial charge in [-0.2, -0.15) is 11.8 Å². The number of carboxylic acids is 1. The number of benzene rings is 2. The Labute approximate surface area is 797 Å². The van der Waals surface area contributed by atoms with E-state index in [-0.39, 0.29) is 133 Å². The van der Waals surface area contributed by atoms with Gasteiger partial charge in [0.15, 0.2) is 17.9 Å². The van der Waals surface area contributed by atoms with E-state index in [2.05, 4.69) is 106 Å². The van der Waals surface area contributed by atoms with Crippen molar-refractivity contribution in [2.75, 3.05) is 69.5 Å². The molecule has 0 fully saturated rings. The van der Waals surface area contributed by atoms with Crippen LogP contribution >= 0.6 is 23.5 Å². The number of primary amides is 1. The maximum atomic E-state index is 15.5. The van der Waals surface area contributed by atoms with Gasteiger partial charge in [-0.05, 0) is 163 Å². The summed E-state index contributed by atoms with van der Waals surface area (Å²) in [5.74, 6) is -17.2. The molecular formula is C86H140N30O18S2. The van der Waals surface area contributed by atoms with Crippen LogP contribution in [0.2, 0.25) is 0 Å². The van der Waals surface area contributed by atoms with E-state index in [1.165, 1.54) is 25.6 Å². The molecule has 0 aliphatic rings. The zero-order valence-corrected chi connectivity index (χ0v) is 79.6. The number of rotatable bonds is 66. The van der Waals surface area contributed by atoms with Crippen molar-refractivity contribution in [2.45, 2.75) is 236 Å². The summed E-state index contributed by atoms with van der Waals surface area (Å²) < 4.78 is 0. The topological polar surface area (TPSA) is 812 Å². The zero-order chi connectivity index (χ0) is 101. The number of H-pyrrole nitrogens is 2. The highest BCUT2D eigenvalue weighted by molar-refractivity contribution is 7.99. The lowest BCUT2D eigenvalue weighted by molar-refractivity contribution is -0.138. The third kappa shape index (κ3) is 43.5. The van der Waals surface area contributed by atoms with Gasteiger partial charge < -0.3 is 151 Å². The van der Waals surface area contributed by atoms with E-state index in [4.69, 9.17) is 61.5 Å². The zero-order valence-electron chi connectivity index (χ0n) is 78.0. The molecule has 0 saturated carbocycles. The maximum absolute atomic E-state index is 15.5. The number of nitrogens with one attached hydrogen (secondary N) is 23. The van der Waals surface area contributed by atoms with Gasteiger partial charge in [0.2, 0.25) is 94.5 Å². The van der Waals surface area contributed by atoms with Crippen molar-refractivity contribution in [2.24, 2.45) is 52.0 Å². The Kier molecular flexibility index (Phi) is 52.3. The number of carbonyl (C=O) groups is 17. The number of hydrogen-bond donors (Lipinski definition) is 31. The molecule has 0 saturated heterocycles. The molecule has 136 heavy (non-hydrogen) atoms. The molecule has 4 rings (SSSR count). The van der Waals surface area contributed by atoms with Crippen LogP contribution in [0, 0.1) is 28.1 Å². The van der Waals surface area contributed by atoms with E-state index >= 15 is 24.0 Å². The van der Waals surface area contributed by atoms with E-state index < -0.39 is 223 Å². The fourth-order valence-corrected chi connectivity index (χ4v) is 15.3. The first-order valence-electron chi connectivity index (χ1n) is 45.1. The molecule has 2 heterocycles. The van der Waals surface area contributed by atoms with Crippen LogP contribution in [0.25, 0.3) is 21.8 Å². The molecule has 4 aromatic rings. The Morgan fingerprint density at radius 1 is 0.412 bits per heavy atom. The number of nitrogens with two attached hydrogens (primary N) is 7. The number of carboxylic acid groups (broad SMARTS) is 1. The summed E-state index contributed by atoms with van der Waals surface area (Å²) in [7, 11) is 0. The first-order chi connectivity index (χ1) is 64.6. The van der Waals surface area contributed by atoms with Crippen molar-refractivity contribution in [3.05, 3.63) is 72.1 Å². The number of amides is 16. The second kappa shape index (κ2) is 61.7. The van der Waals surface area contributed by atoms with E-state index in [1.807, 2.05) is 0 Å². The number of aromatic amines is 2. The van der Waals surface area contributed by atoms with E-state index in [1.54, 1.807) is 94.9 Å². The molecular weight excluding hydrogens is 1810 g/mol. The average Bonchev–Trinajstić information content (AvgIpc) is 1.61. The first kappa shape index (κ1) is 115. The van der Waals surface area contributed by atoms with Crippen molar-refractivity contribution in [3.8, 4) is 0 Å². The van der Waals surface area contributed by atoms with Crippen molar-refractivity contribution in [3.63, 3.8) is 0 Å². The van der Waals surface area contributed by atoms with Crippen molar-refractivity contribution in [1.29, 1.82) is 16.2 Å².